The lowest BCUT2D eigenvalue weighted by Crippen LogP contribution is -2.42. The van der Waals surface area contributed by atoms with Gasteiger partial charge in [0.05, 0.1) is 24.8 Å². The number of ether oxygens (including phenoxy) is 2. The Morgan fingerprint density at radius 2 is 2.11 bits per heavy atom. The number of esters is 1. The summed E-state index contributed by atoms with van der Waals surface area (Å²) in [4.78, 5) is 35.5. The van der Waals surface area contributed by atoms with Gasteiger partial charge in [-0.15, -0.1) is 0 Å². The van der Waals surface area contributed by atoms with Crippen molar-refractivity contribution in [3.8, 4) is 0 Å². The number of nitrogens with zero attached hydrogens (tertiary/aromatic N) is 4. The Hall–Kier alpha value is -2.84. The van der Waals surface area contributed by atoms with Gasteiger partial charge in [-0.1, -0.05) is 0 Å². The zero-order chi connectivity index (χ0) is 20.5. The summed E-state index contributed by atoms with van der Waals surface area (Å²) in [7, 11) is 1.89. The molecule has 0 bridgehead atoms. The van der Waals surface area contributed by atoms with Gasteiger partial charge in [-0.25, -0.2) is 14.6 Å². The molecular weight excluding hydrogens is 362 g/mol. The standard InChI is InChI=1S/C19H27N5O4/c1-6-27-17(25)13-10-21-16(15-20-7-8-23(15)5)24-11-12(9-14(13)24)22-18(26)28-19(2,3)4/h7-8,12H,6,9-11H2,1-5H3,(H,22,26). The molecule has 9 heteroatoms. The molecule has 1 aromatic rings. The molecule has 0 aliphatic carbocycles. The minimum absolute atomic E-state index is 0.210. The molecule has 1 fully saturated rings. The Morgan fingerprint density at radius 3 is 2.71 bits per heavy atom. The van der Waals surface area contributed by atoms with Crippen LogP contribution in [0, 0.1) is 0 Å². The Bertz CT molecular complexity index is 834. The van der Waals surface area contributed by atoms with Crippen LogP contribution in [0.25, 0.3) is 0 Å². The minimum Gasteiger partial charge on any atom is -0.463 e. The van der Waals surface area contributed by atoms with Crippen LogP contribution >= 0.6 is 0 Å². The third kappa shape index (κ3) is 4.18. The molecule has 0 radical (unpaired) electrons. The van der Waals surface area contributed by atoms with Gasteiger partial charge in [0.15, 0.2) is 11.7 Å². The Balaban J connectivity index is 1.85. The molecule has 1 amide bonds. The summed E-state index contributed by atoms with van der Waals surface area (Å²) in [5.74, 6) is 1.02. The number of aryl methyl sites for hydroxylation is 1. The van der Waals surface area contributed by atoms with E-state index in [4.69, 9.17) is 9.47 Å². The first-order valence-electron chi connectivity index (χ1n) is 9.38. The largest absolute Gasteiger partial charge is 0.463 e. The van der Waals surface area contributed by atoms with E-state index in [-0.39, 0.29) is 18.6 Å². The van der Waals surface area contributed by atoms with Crippen molar-refractivity contribution >= 4 is 17.9 Å². The van der Waals surface area contributed by atoms with Gasteiger partial charge in [0.2, 0.25) is 0 Å². The van der Waals surface area contributed by atoms with E-state index in [0.29, 0.717) is 36.8 Å². The average Bonchev–Trinajstić information content (AvgIpc) is 3.18. The summed E-state index contributed by atoms with van der Waals surface area (Å²) in [6, 6.07) is -0.210. The summed E-state index contributed by atoms with van der Waals surface area (Å²) in [6.45, 7) is 8.22. The number of carbonyl (C=O) groups is 2. The molecule has 2 aliphatic heterocycles. The van der Waals surface area contributed by atoms with Crippen LogP contribution < -0.4 is 5.32 Å². The fraction of sp³-hybridized carbons (Fsp3) is 0.579. The van der Waals surface area contributed by atoms with Gasteiger partial charge in [0, 0.05) is 38.1 Å². The number of alkyl carbamates (subject to hydrolysis) is 1. The molecule has 152 valence electrons. The molecular formula is C19H27N5O4. The SMILES string of the molecule is CCOC(=O)C1=C2CC(NC(=O)OC(C)(C)C)CN2C(c2nccn2C)=NC1. The van der Waals surface area contributed by atoms with Gasteiger partial charge >= 0.3 is 12.1 Å². The molecule has 1 saturated heterocycles. The highest BCUT2D eigenvalue weighted by atomic mass is 16.6. The van der Waals surface area contributed by atoms with E-state index >= 15 is 0 Å². The number of imidazole rings is 1. The average molecular weight is 389 g/mol. The molecule has 0 aromatic carbocycles. The van der Waals surface area contributed by atoms with Crippen LogP contribution in [-0.2, 0) is 21.3 Å². The lowest BCUT2D eigenvalue weighted by Gasteiger charge is -2.27. The molecule has 2 aliphatic rings. The van der Waals surface area contributed by atoms with E-state index in [1.165, 1.54) is 0 Å². The lowest BCUT2D eigenvalue weighted by molar-refractivity contribution is -0.138. The number of amides is 1. The van der Waals surface area contributed by atoms with Crippen molar-refractivity contribution < 1.29 is 19.1 Å². The van der Waals surface area contributed by atoms with Gasteiger partial charge in [0.1, 0.15) is 5.60 Å². The van der Waals surface area contributed by atoms with Crippen LogP contribution in [0.15, 0.2) is 28.7 Å². The quantitative estimate of drug-likeness (QED) is 0.786. The Morgan fingerprint density at radius 1 is 1.36 bits per heavy atom. The minimum atomic E-state index is -0.579. The number of aliphatic imine (C=N–C) groups is 1. The molecule has 1 N–H and O–H groups in total. The number of amidine groups is 1. The number of rotatable bonds is 4. The zero-order valence-corrected chi connectivity index (χ0v) is 17.0. The zero-order valence-electron chi connectivity index (χ0n) is 17.0. The van der Waals surface area contributed by atoms with E-state index < -0.39 is 11.7 Å². The predicted molar refractivity (Wildman–Crippen MR) is 103 cm³/mol. The van der Waals surface area contributed by atoms with Crippen LogP contribution in [0.3, 0.4) is 0 Å². The van der Waals surface area contributed by atoms with Crippen LogP contribution in [0.4, 0.5) is 4.79 Å². The molecule has 1 aromatic heterocycles. The molecule has 28 heavy (non-hydrogen) atoms. The fourth-order valence-electron chi connectivity index (χ4n) is 3.31. The van der Waals surface area contributed by atoms with E-state index in [0.717, 1.165) is 5.70 Å². The maximum absolute atomic E-state index is 12.4. The number of fused-ring (bicyclic) bond motifs is 1. The highest BCUT2D eigenvalue weighted by molar-refractivity contribution is 6.01. The maximum Gasteiger partial charge on any atom is 0.407 e. The van der Waals surface area contributed by atoms with Gasteiger partial charge in [-0.05, 0) is 27.7 Å². The normalized spacial score (nSPS) is 19.2. The molecule has 1 atom stereocenters. The predicted octanol–water partition coefficient (Wildman–Crippen LogP) is 1.60. The summed E-state index contributed by atoms with van der Waals surface area (Å²) in [5, 5.41) is 2.89. The number of nitrogens with one attached hydrogen (secondary N) is 1. The molecule has 3 rings (SSSR count). The van der Waals surface area contributed by atoms with Crippen molar-refractivity contribution in [2.45, 2.75) is 45.8 Å². The third-order valence-corrected chi connectivity index (χ3v) is 4.42. The monoisotopic (exact) mass is 389 g/mol. The van der Waals surface area contributed by atoms with Crippen molar-refractivity contribution in [3.63, 3.8) is 0 Å². The van der Waals surface area contributed by atoms with Crippen LogP contribution in [0.5, 0.6) is 0 Å². The van der Waals surface area contributed by atoms with Crippen molar-refractivity contribution in [2.75, 3.05) is 19.7 Å². The summed E-state index contributed by atoms with van der Waals surface area (Å²) < 4.78 is 12.4. The van der Waals surface area contributed by atoms with Gasteiger partial charge in [0.25, 0.3) is 0 Å². The smallest absolute Gasteiger partial charge is 0.407 e. The highest BCUT2D eigenvalue weighted by Crippen LogP contribution is 2.31. The first kappa shape index (κ1) is 19.9. The highest BCUT2D eigenvalue weighted by Gasteiger charge is 2.39. The second-order valence-corrected chi connectivity index (χ2v) is 7.81. The van der Waals surface area contributed by atoms with E-state index in [1.54, 1.807) is 13.1 Å². The number of hydrogen-bond donors (Lipinski definition) is 1. The first-order chi connectivity index (χ1) is 13.2. The maximum atomic E-state index is 12.4. The number of aromatic nitrogens is 2. The van der Waals surface area contributed by atoms with Crippen molar-refractivity contribution in [1.82, 2.24) is 19.8 Å². The van der Waals surface area contributed by atoms with Crippen molar-refractivity contribution in [2.24, 2.45) is 12.0 Å². The van der Waals surface area contributed by atoms with Crippen LogP contribution in [0.2, 0.25) is 0 Å². The Kier molecular flexibility index (Phi) is 5.44. The molecule has 1 unspecified atom stereocenters. The van der Waals surface area contributed by atoms with E-state index in [2.05, 4.69) is 15.3 Å². The second kappa shape index (κ2) is 7.65. The second-order valence-electron chi connectivity index (χ2n) is 7.81. The van der Waals surface area contributed by atoms with E-state index in [1.807, 2.05) is 43.5 Å². The number of carbonyl (C=O) groups excluding carboxylic acids is 2. The topological polar surface area (TPSA) is 98.0 Å². The van der Waals surface area contributed by atoms with Crippen molar-refractivity contribution in [1.29, 1.82) is 0 Å². The third-order valence-electron chi connectivity index (χ3n) is 4.42. The molecule has 0 spiro atoms. The fourth-order valence-corrected chi connectivity index (χ4v) is 3.31. The van der Waals surface area contributed by atoms with E-state index in [9.17, 15) is 9.59 Å². The van der Waals surface area contributed by atoms with Crippen molar-refractivity contribution in [3.05, 3.63) is 29.5 Å². The molecule has 3 heterocycles. The lowest BCUT2D eigenvalue weighted by atomic mass is 10.1. The summed E-state index contributed by atoms with van der Waals surface area (Å²) >= 11 is 0. The summed E-state index contributed by atoms with van der Waals surface area (Å²) in [6.07, 6.45) is 3.56. The molecule has 9 nitrogen and oxygen atoms in total. The Labute approximate surface area is 164 Å². The molecule has 0 saturated carbocycles. The van der Waals surface area contributed by atoms with Crippen LogP contribution in [-0.4, -0.2) is 63.7 Å². The number of hydrogen-bond acceptors (Lipinski definition) is 7. The van der Waals surface area contributed by atoms with Gasteiger partial charge < -0.3 is 24.3 Å². The van der Waals surface area contributed by atoms with Gasteiger partial charge in [-0.3, -0.25) is 4.99 Å². The summed E-state index contributed by atoms with van der Waals surface area (Å²) in [5.41, 5.74) is 0.755. The first-order valence-corrected chi connectivity index (χ1v) is 9.38. The van der Waals surface area contributed by atoms with Crippen LogP contribution in [0.1, 0.15) is 39.9 Å². The van der Waals surface area contributed by atoms with Gasteiger partial charge in [-0.2, -0.15) is 0 Å².